The summed E-state index contributed by atoms with van der Waals surface area (Å²) in [7, 11) is 1.60. The lowest BCUT2D eigenvalue weighted by atomic mass is 10.2. The number of alkyl halides is 1. The van der Waals surface area contributed by atoms with Crippen molar-refractivity contribution in [2.75, 3.05) is 20.3 Å². The quantitative estimate of drug-likeness (QED) is 0.905. The van der Waals surface area contributed by atoms with Gasteiger partial charge in [-0.25, -0.2) is 4.39 Å². The SMILES string of the molecule is COc1ccc(-c2noc(CN3C[C@@H](F)C[C@H]3CO)n2)cc1. The van der Waals surface area contributed by atoms with E-state index in [1.165, 1.54) is 0 Å². The Bertz CT molecular complexity index is 617. The lowest BCUT2D eigenvalue weighted by Crippen LogP contribution is -2.31. The first kappa shape index (κ1) is 14.9. The highest BCUT2D eigenvalue weighted by atomic mass is 19.1. The van der Waals surface area contributed by atoms with E-state index >= 15 is 0 Å². The summed E-state index contributed by atoms with van der Waals surface area (Å²) >= 11 is 0. The Kier molecular flexibility index (Phi) is 4.35. The summed E-state index contributed by atoms with van der Waals surface area (Å²) in [5, 5.41) is 13.2. The molecule has 0 unspecified atom stereocenters. The summed E-state index contributed by atoms with van der Waals surface area (Å²) in [6, 6.07) is 7.14. The molecule has 0 radical (unpaired) electrons. The molecule has 2 atom stereocenters. The molecule has 3 rings (SSSR count). The maximum Gasteiger partial charge on any atom is 0.241 e. The molecular formula is C15H18FN3O3. The molecule has 7 heteroatoms. The number of methoxy groups -OCH3 is 1. The highest BCUT2D eigenvalue weighted by Gasteiger charge is 2.32. The third kappa shape index (κ3) is 3.10. The van der Waals surface area contributed by atoms with Crippen molar-refractivity contribution in [3.05, 3.63) is 30.2 Å². The van der Waals surface area contributed by atoms with Crippen LogP contribution in [-0.2, 0) is 6.54 Å². The van der Waals surface area contributed by atoms with Crippen molar-refractivity contribution >= 4 is 0 Å². The number of hydrogen-bond acceptors (Lipinski definition) is 6. The monoisotopic (exact) mass is 307 g/mol. The second-order valence-electron chi connectivity index (χ2n) is 5.34. The van der Waals surface area contributed by atoms with Crippen LogP contribution in [0, 0.1) is 0 Å². The fourth-order valence-corrected chi connectivity index (χ4v) is 2.66. The van der Waals surface area contributed by atoms with Crippen molar-refractivity contribution < 1.29 is 18.8 Å². The van der Waals surface area contributed by atoms with Crippen LogP contribution in [0.1, 0.15) is 12.3 Å². The first-order valence-electron chi connectivity index (χ1n) is 7.15. The second kappa shape index (κ2) is 6.41. The van der Waals surface area contributed by atoms with Gasteiger partial charge in [0.25, 0.3) is 0 Å². The minimum Gasteiger partial charge on any atom is -0.497 e. The molecule has 1 aliphatic rings. The molecule has 1 fully saturated rings. The van der Waals surface area contributed by atoms with Crippen LogP contribution in [0.2, 0.25) is 0 Å². The molecule has 0 amide bonds. The van der Waals surface area contributed by atoms with Crippen LogP contribution in [0.5, 0.6) is 5.75 Å². The summed E-state index contributed by atoms with van der Waals surface area (Å²) in [6.45, 7) is 0.556. The van der Waals surface area contributed by atoms with Gasteiger partial charge in [-0.1, -0.05) is 5.16 Å². The molecule has 1 saturated heterocycles. The number of aliphatic hydroxyl groups excluding tert-OH is 1. The molecule has 1 aliphatic heterocycles. The number of likely N-dealkylation sites (tertiary alicyclic amines) is 1. The standard InChI is InChI=1S/C15H18FN3O3/c1-21-13-4-2-10(3-5-13)15-17-14(22-18-15)8-19-7-11(16)6-12(19)9-20/h2-5,11-12,20H,6-9H2,1H3/t11-,12-/m0/s1. The van der Waals surface area contributed by atoms with Gasteiger partial charge >= 0.3 is 0 Å². The number of aliphatic hydroxyl groups is 1. The topological polar surface area (TPSA) is 71.6 Å². The molecule has 22 heavy (non-hydrogen) atoms. The Morgan fingerprint density at radius 1 is 1.41 bits per heavy atom. The van der Waals surface area contributed by atoms with Crippen molar-refractivity contribution in [1.29, 1.82) is 0 Å². The van der Waals surface area contributed by atoms with E-state index in [-0.39, 0.29) is 19.2 Å². The zero-order chi connectivity index (χ0) is 15.5. The molecule has 1 N–H and O–H groups in total. The molecule has 118 valence electrons. The number of halogens is 1. The molecule has 0 bridgehead atoms. The molecule has 2 heterocycles. The van der Waals surface area contributed by atoms with E-state index in [2.05, 4.69) is 10.1 Å². The Balaban J connectivity index is 1.70. The minimum absolute atomic E-state index is 0.0695. The van der Waals surface area contributed by atoms with E-state index in [0.29, 0.717) is 24.7 Å². The molecule has 0 spiro atoms. The summed E-state index contributed by atoms with van der Waals surface area (Å²) in [5.41, 5.74) is 0.819. The van der Waals surface area contributed by atoms with Gasteiger partial charge in [-0.2, -0.15) is 4.98 Å². The summed E-state index contributed by atoms with van der Waals surface area (Å²) in [5.74, 6) is 1.65. The second-order valence-corrected chi connectivity index (χ2v) is 5.34. The molecule has 0 aliphatic carbocycles. The number of benzene rings is 1. The van der Waals surface area contributed by atoms with Gasteiger partial charge in [-0.3, -0.25) is 4.90 Å². The van der Waals surface area contributed by atoms with E-state index < -0.39 is 6.17 Å². The maximum absolute atomic E-state index is 13.4. The molecular weight excluding hydrogens is 289 g/mol. The van der Waals surface area contributed by atoms with Crippen LogP contribution in [0.15, 0.2) is 28.8 Å². The van der Waals surface area contributed by atoms with Gasteiger partial charge in [-0.15, -0.1) is 0 Å². The Morgan fingerprint density at radius 2 is 2.18 bits per heavy atom. The average Bonchev–Trinajstić information content (AvgIpc) is 3.14. The van der Waals surface area contributed by atoms with Crippen LogP contribution < -0.4 is 4.74 Å². The number of rotatable bonds is 5. The Morgan fingerprint density at radius 3 is 2.86 bits per heavy atom. The summed E-state index contributed by atoms with van der Waals surface area (Å²) < 4.78 is 23.8. The lowest BCUT2D eigenvalue weighted by molar-refractivity contribution is 0.140. The van der Waals surface area contributed by atoms with Crippen molar-refractivity contribution in [2.24, 2.45) is 0 Å². The van der Waals surface area contributed by atoms with E-state index in [0.717, 1.165) is 11.3 Å². The Labute approximate surface area is 127 Å². The molecule has 6 nitrogen and oxygen atoms in total. The van der Waals surface area contributed by atoms with E-state index in [1.807, 2.05) is 29.2 Å². The zero-order valence-corrected chi connectivity index (χ0v) is 12.3. The lowest BCUT2D eigenvalue weighted by Gasteiger charge is -2.19. The summed E-state index contributed by atoms with van der Waals surface area (Å²) in [4.78, 5) is 6.16. The van der Waals surface area contributed by atoms with Crippen molar-refractivity contribution in [3.63, 3.8) is 0 Å². The predicted octanol–water partition coefficient (Wildman–Crippen LogP) is 1.65. The van der Waals surface area contributed by atoms with E-state index in [1.54, 1.807) is 7.11 Å². The van der Waals surface area contributed by atoms with Crippen LogP contribution in [0.25, 0.3) is 11.4 Å². The smallest absolute Gasteiger partial charge is 0.241 e. The van der Waals surface area contributed by atoms with Crippen LogP contribution in [-0.4, -0.2) is 52.6 Å². The first-order valence-corrected chi connectivity index (χ1v) is 7.15. The summed E-state index contributed by atoms with van der Waals surface area (Å²) in [6.07, 6.45) is -0.572. The van der Waals surface area contributed by atoms with Gasteiger partial charge in [0, 0.05) is 18.2 Å². The molecule has 1 aromatic carbocycles. The fraction of sp³-hybridized carbons (Fsp3) is 0.467. The van der Waals surface area contributed by atoms with Gasteiger partial charge in [-0.05, 0) is 30.7 Å². The van der Waals surface area contributed by atoms with Crippen molar-refractivity contribution in [2.45, 2.75) is 25.2 Å². The average molecular weight is 307 g/mol. The van der Waals surface area contributed by atoms with Gasteiger partial charge in [0.2, 0.25) is 11.7 Å². The van der Waals surface area contributed by atoms with Gasteiger partial charge < -0.3 is 14.4 Å². The van der Waals surface area contributed by atoms with E-state index in [4.69, 9.17) is 9.26 Å². The minimum atomic E-state index is -0.916. The largest absolute Gasteiger partial charge is 0.497 e. The van der Waals surface area contributed by atoms with E-state index in [9.17, 15) is 9.50 Å². The highest BCUT2D eigenvalue weighted by molar-refractivity contribution is 5.55. The first-order chi connectivity index (χ1) is 10.7. The van der Waals surface area contributed by atoms with Crippen LogP contribution in [0.3, 0.4) is 0 Å². The van der Waals surface area contributed by atoms with Crippen molar-refractivity contribution in [3.8, 4) is 17.1 Å². The highest BCUT2D eigenvalue weighted by Crippen LogP contribution is 2.24. The number of aromatic nitrogens is 2. The molecule has 1 aromatic heterocycles. The van der Waals surface area contributed by atoms with Crippen LogP contribution in [0.4, 0.5) is 4.39 Å². The van der Waals surface area contributed by atoms with Crippen molar-refractivity contribution in [1.82, 2.24) is 15.0 Å². The van der Waals surface area contributed by atoms with Gasteiger partial charge in [0.1, 0.15) is 11.9 Å². The normalized spacial score (nSPS) is 22.1. The molecule has 2 aromatic rings. The van der Waals surface area contributed by atoms with Gasteiger partial charge in [0.05, 0.1) is 20.3 Å². The van der Waals surface area contributed by atoms with Gasteiger partial charge in [0.15, 0.2) is 0 Å². The zero-order valence-electron chi connectivity index (χ0n) is 12.3. The number of nitrogens with zero attached hydrogens (tertiary/aromatic N) is 3. The fourth-order valence-electron chi connectivity index (χ4n) is 2.66. The molecule has 0 saturated carbocycles. The number of hydrogen-bond donors (Lipinski definition) is 1. The predicted molar refractivity (Wildman–Crippen MR) is 77.1 cm³/mol. The number of ether oxygens (including phenoxy) is 1. The maximum atomic E-state index is 13.4. The third-order valence-corrected chi connectivity index (χ3v) is 3.84. The third-order valence-electron chi connectivity index (χ3n) is 3.84. The Hall–Kier alpha value is -1.99. The van der Waals surface area contributed by atoms with Crippen LogP contribution >= 0.6 is 0 Å².